The Labute approximate surface area is 191 Å². The van der Waals surface area contributed by atoms with Crippen molar-refractivity contribution < 1.29 is 25.0 Å². The molecule has 0 bridgehead atoms. The zero-order chi connectivity index (χ0) is 31.7. The largest absolute Gasteiger partial charge is 0.456 e. The average Bonchev–Trinajstić information content (AvgIpc) is 3.38. The van der Waals surface area contributed by atoms with Crippen LogP contribution in [-0.4, -0.2) is 0 Å². The zero-order valence-corrected chi connectivity index (χ0v) is 15.4. The molecule has 0 aliphatic carbocycles. The predicted molar refractivity (Wildman–Crippen MR) is 122 cm³/mol. The Morgan fingerprint density at radius 2 is 1.11 bits per heavy atom. The first-order valence-electron chi connectivity index (χ1n) is 15.6. The smallest absolute Gasteiger partial charge is 0.136 e. The van der Waals surface area contributed by atoms with Gasteiger partial charge in [-0.15, -0.1) is 0 Å². The molecule has 6 aromatic rings. The Bertz CT molecular complexity index is 2230. The number of furan rings is 1. The third kappa shape index (κ3) is 2.12. The van der Waals surface area contributed by atoms with Gasteiger partial charge < -0.3 is 4.42 Å². The molecule has 0 aliphatic heterocycles. The highest BCUT2D eigenvalue weighted by Crippen LogP contribution is 2.45. The summed E-state index contributed by atoms with van der Waals surface area (Å²) in [7, 11) is 0. The molecule has 0 spiro atoms. The minimum Gasteiger partial charge on any atom is -0.456 e. The normalized spacial score (nSPS) is 19.2. The van der Waals surface area contributed by atoms with Gasteiger partial charge >= 0.3 is 0 Å². The van der Waals surface area contributed by atoms with E-state index in [4.69, 9.17) is 25.0 Å². The molecule has 0 N–H and O–H groups in total. The molecule has 132 valence electrons. The molecule has 1 nitrogen and oxygen atoms in total. The molecule has 0 fully saturated rings. The molecule has 1 aromatic heterocycles. The minimum atomic E-state index is -0.706. The summed E-state index contributed by atoms with van der Waals surface area (Å²) in [5.41, 5.74) is -1.43. The van der Waals surface area contributed by atoms with Gasteiger partial charge in [0.25, 0.3) is 0 Å². The molecule has 0 radical (unpaired) electrons. The second kappa shape index (κ2) is 5.95. The quantitative estimate of drug-likeness (QED) is 0.235. The SMILES string of the molecule is [2H]c1c([2H])c([2H])c2c(oc3c([2H])c([2H])c([2H])c(-c4c5c([2H])c([2H])c([2H])c([2H])c5c(Br)c5c([2H])c([2H])c([2H])c([2H])c45)c32)c1[2H]. The van der Waals surface area contributed by atoms with Gasteiger partial charge in [-0.2, -0.15) is 0 Å². The van der Waals surface area contributed by atoms with Crippen molar-refractivity contribution in [2.45, 2.75) is 0 Å². The van der Waals surface area contributed by atoms with Crippen LogP contribution in [-0.2, 0) is 0 Å². The summed E-state index contributed by atoms with van der Waals surface area (Å²) in [6.07, 6.45) is 0. The van der Waals surface area contributed by atoms with Gasteiger partial charge in [-0.1, -0.05) is 78.6 Å². The monoisotopic (exact) mass is 437 g/mol. The summed E-state index contributed by atoms with van der Waals surface area (Å²) in [5, 5.41) is -1.39. The summed E-state index contributed by atoms with van der Waals surface area (Å²) in [4.78, 5) is 0. The van der Waals surface area contributed by atoms with Crippen LogP contribution in [0, 0.1) is 0 Å². The van der Waals surface area contributed by atoms with E-state index < -0.39 is 96.2 Å². The highest BCUT2D eigenvalue weighted by Gasteiger charge is 2.18. The topological polar surface area (TPSA) is 13.1 Å². The number of benzene rings is 5. The molecule has 6 rings (SSSR count). The van der Waals surface area contributed by atoms with E-state index in [1.807, 2.05) is 0 Å². The fourth-order valence-electron chi connectivity index (χ4n) is 3.38. The predicted octanol–water partition coefficient (Wildman–Crippen LogP) is 8.32. The van der Waals surface area contributed by atoms with E-state index in [-0.39, 0.29) is 53.5 Å². The van der Waals surface area contributed by atoms with Crippen molar-refractivity contribution >= 4 is 59.4 Å². The maximum Gasteiger partial charge on any atom is 0.136 e. The van der Waals surface area contributed by atoms with E-state index in [9.17, 15) is 0 Å². The Morgan fingerprint density at radius 3 is 1.79 bits per heavy atom. The lowest BCUT2D eigenvalue weighted by Crippen LogP contribution is -1.88. The number of hydrogen-bond donors (Lipinski definition) is 0. The summed E-state index contributed by atoms with van der Waals surface area (Å²) >= 11 is 3.31. The molecule has 0 saturated heterocycles. The van der Waals surface area contributed by atoms with Crippen molar-refractivity contribution in [1.29, 1.82) is 0 Å². The maximum atomic E-state index is 9.00. The van der Waals surface area contributed by atoms with Crippen LogP contribution in [0.3, 0.4) is 0 Å². The van der Waals surface area contributed by atoms with Crippen LogP contribution in [0.4, 0.5) is 0 Å². The van der Waals surface area contributed by atoms with E-state index in [1.54, 1.807) is 0 Å². The summed E-state index contributed by atoms with van der Waals surface area (Å²) in [6, 6.07) is -9.47. The molecule has 0 aliphatic rings. The average molecular weight is 438 g/mol. The molecule has 0 amide bonds. The van der Waals surface area contributed by atoms with E-state index in [2.05, 4.69) is 15.9 Å². The van der Waals surface area contributed by atoms with Crippen molar-refractivity contribution in [2.24, 2.45) is 0 Å². The molecule has 1 heterocycles. The van der Waals surface area contributed by atoms with Gasteiger partial charge in [0.2, 0.25) is 0 Å². The molecule has 5 aromatic carbocycles. The van der Waals surface area contributed by atoms with Gasteiger partial charge in [0, 0.05) is 15.2 Å². The summed E-state index contributed by atoms with van der Waals surface area (Å²) in [6.45, 7) is 0. The van der Waals surface area contributed by atoms with Crippen LogP contribution in [0.1, 0.15) is 20.6 Å². The molecule has 2 heteroatoms. The van der Waals surface area contributed by atoms with Crippen LogP contribution in [0.5, 0.6) is 0 Å². The van der Waals surface area contributed by atoms with E-state index in [0.717, 1.165) is 0 Å². The number of fused-ring (bicyclic) bond motifs is 5. The van der Waals surface area contributed by atoms with E-state index in [1.165, 1.54) is 0 Å². The van der Waals surface area contributed by atoms with Crippen molar-refractivity contribution in [3.8, 4) is 11.1 Å². The first-order valence-corrected chi connectivity index (χ1v) is 8.89. The Hall–Kier alpha value is -3.10. The number of hydrogen-bond acceptors (Lipinski definition) is 1. The van der Waals surface area contributed by atoms with Crippen molar-refractivity contribution in [3.63, 3.8) is 0 Å². The Balaban J connectivity index is 2.11. The van der Waals surface area contributed by atoms with Gasteiger partial charge in [-0.25, -0.2) is 0 Å². The fraction of sp³-hybridized carbons (Fsp3) is 0. The van der Waals surface area contributed by atoms with Crippen LogP contribution < -0.4 is 0 Å². The zero-order valence-electron chi connectivity index (χ0n) is 28.8. The standard InChI is InChI=1S/C26H15BrO/c27-26-18-10-3-1-8-16(18)24(17-9-2-4-11-19(17)26)21-13-7-15-23-25(21)20-12-5-6-14-22(20)28-23/h1-15H/i1D,2D,3D,4D,5D,6D,7D,8D,9D,10D,11D,12D,13D,14D,15D. The minimum absolute atomic E-state index is 0.0646. The van der Waals surface area contributed by atoms with E-state index in [0.29, 0.717) is 0 Å². The number of rotatable bonds is 1. The van der Waals surface area contributed by atoms with Gasteiger partial charge in [0.15, 0.2) is 0 Å². The number of para-hydroxylation sites is 1. The Kier molecular flexibility index (Phi) is 1.50. The molecule has 0 unspecified atom stereocenters. The van der Waals surface area contributed by atoms with Gasteiger partial charge in [-0.3, -0.25) is 0 Å². The number of halogens is 1. The third-order valence-corrected chi connectivity index (χ3v) is 5.30. The lowest BCUT2D eigenvalue weighted by Gasteiger charge is -2.15. The van der Waals surface area contributed by atoms with Crippen LogP contribution in [0.15, 0.2) is 99.5 Å². The Morgan fingerprint density at radius 1 is 0.571 bits per heavy atom. The molecule has 0 atom stereocenters. The van der Waals surface area contributed by atoms with Gasteiger partial charge in [0.05, 0.1) is 20.6 Å². The maximum absolute atomic E-state index is 9.00. The van der Waals surface area contributed by atoms with Gasteiger partial charge in [0.1, 0.15) is 11.2 Å². The van der Waals surface area contributed by atoms with Gasteiger partial charge in [-0.05, 0) is 60.7 Å². The third-order valence-electron chi connectivity index (χ3n) is 4.51. The van der Waals surface area contributed by atoms with E-state index >= 15 is 0 Å². The second-order valence-corrected chi connectivity index (χ2v) is 6.74. The first kappa shape index (κ1) is 7.06. The molecule has 0 saturated carbocycles. The summed E-state index contributed by atoms with van der Waals surface area (Å²) in [5.74, 6) is 0. The molecule has 28 heavy (non-hydrogen) atoms. The molecular formula is C26H15BrO. The van der Waals surface area contributed by atoms with Crippen LogP contribution in [0.2, 0.25) is 0 Å². The van der Waals surface area contributed by atoms with Crippen molar-refractivity contribution in [3.05, 3.63) is 95.1 Å². The van der Waals surface area contributed by atoms with Crippen molar-refractivity contribution in [2.75, 3.05) is 0 Å². The fourth-order valence-corrected chi connectivity index (χ4v) is 3.97. The highest BCUT2D eigenvalue weighted by molar-refractivity contribution is 9.10. The summed E-state index contributed by atoms with van der Waals surface area (Å²) < 4.78 is 134. The van der Waals surface area contributed by atoms with Crippen LogP contribution >= 0.6 is 15.9 Å². The molecular weight excluding hydrogens is 408 g/mol. The lowest BCUT2D eigenvalue weighted by molar-refractivity contribution is 0.669. The van der Waals surface area contributed by atoms with Crippen molar-refractivity contribution in [1.82, 2.24) is 0 Å². The second-order valence-electron chi connectivity index (χ2n) is 5.95. The highest BCUT2D eigenvalue weighted by atomic mass is 79.9. The lowest BCUT2D eigenvalue weighted by atomic mass is 9.90. The van der Waals surface area contributed by atoms with Crippen LogP contribution in [0.25, 0.3) is 54.6 Å². The first-order chi connectivity index (χ1) is 20.1.